The molecule has 1 aromatic carbocycles. The maximum Gasteiger partial charge on any atom is 0.272 e. The number of carbonyl (C=O) groups excluding carboxylic acids is 1. The quantitative estimate of drug-likeness (QED) is 0.716. The largest absolute Gasteiger partial charge is 0.351 e. The molecule has 0 aliphatic carbocycles. The molecule has 0 spiro atoms. The van der Waals surface area contributed by atoms with Gasteiger partial charge in [-0.15, -0.1) is 0 Å². The lowest BCUT2D eigenvalue weighted by Crippen LogP contribution is -2.31. The van der Waals surface area contributed by atoms with E-state index in [1.807, 2.05) is 0 Å². The van der Waals surface area contributed by atoms with E-state index in [1.54, 1.807) is 24.3 Å². The summed E-state index contributed by atoms with van der Waals surface area (Å²) in [5.41, 5.74) is -0.219. The molecule has 23 heavy (non-hydrogen) atoms. The number of hydrogen-bond acceptors (Lipinski definition) is 5. The lowest BCUT2D eigenvalue weighted by molar-refractivity contribution is 0.0948. The lowest BCUT2D eigenvalue weighted by atomic mass is 10.1. The standard InChI is InChI=1S/C14H18N4O4S/c1-18(23(2,21)22)9-5-8-15-14(20)12-10-6-3-4-7-11(10)13(19)17-16-12/h3-4,6-7H,5,8-9H2,1-2H3,(H,15,20)(H,17,19). The van der Waals surface area contributed by atoms with Crippen molar-refractivity contribution < 1.29 is 13.2 Å². The van der Waals surface area contributed by atoms with Crippen LogP contribution >= 0.6 is 0 Å². The molecule has 2 rings (SSSR count). The number of sulfonamides is 1. The van der Waals surface area contributed by atoms with Crippen LogP contribution < -0.4 is 10.9 Å². The van der Waals surface area contributed by atoms with Crippen molar-refractivity contribution in [3.63, 3.8) is 0 Å². The molecule has 2 aromatic rings. The first-order chi connectivity index (χ1) is 10.8. The Kier molecular flexibility index (Phi) is 5.12. The minimum atomic E-state index is -3.22. The predicted molar refractivity (Wildman–Crippen MR) is 86.8 cm³/mol. The van der Waals surface area contributed by atoms with Gasteiger partial charge in [0.1, 0.15) is 0 Å². The molecule has 0 bridgehead atoms. The van der Waals surface area contributed by atoms with Crippen molar-refractivity contribution in [2.75, 3.05) is 26.4 Å². The lowest BCUT2D eigenvalue weighted by Gasteiger charge is -2.13. The van der Waals surface area contributed by atoms with Crippen LogP contribution in [0.2, 0.25) is 0 Å². The number of H-pyrrole nitrogens is 1. The van der Waals surface area contributed by atoms with E-state index in [4.69, 9.17) is 0 Å². The molecule has 0 radical (unpaired) electrons. The average molecular weight is 338 g/mol. The number of aromatic amines is 1. The highest BCUT2D eigenvalue weighted by Crippen LogP contribution is 2.11. The van der Waals surface area contributed by atoms with Crippen LogP contribution in [0.4, 0.5) is 0 Å². The zero-order valence-electron chi connectivity index (χ0n) is 12.9. The number of fused-ring (bicyclic) bond motifs is 1. The number of benzene rings is 1. The average Bonchev–Trinajstić information content (AvgIpc) is 2.50. The zero-order chi connectivity index (χ0) is 17.0. The van der Waals surface area contributed by atoms with E-state index < -0.39 is 15.9 Å². The molecular formula is C14H18N4O4S. The van der Waals surface area contributed by atoms with Crippen LogP contribution in [0.15, 0.2) is 29.1 Å². The van der Waals surface area contributed by atoms with Crippen molar-refractivity contribution in [3.8, 4) is 0 Å². The van der Waals surface area contributed by atoms with Gasteiger partial charge in [-0.05, 0) is 12.5 Å². The first kappa shape index (κ1) is 17.1. The monoisotopic (exact) mass is 338 g/mol. The third kappa shape index (κ3) is 4.14. The predicted octanol–water partition coefficient (Wildman–Crippen LogP) is -0.0656. The highest BCUT2D eigenvalue weighted by molar-refractivity contribution is 7.88. The Morgan fingerprint density at radius 3 is 2.61 bits per heavy atom. The minimum absolute atomic E-state index is 0.136. The summed E-state index contributed by atoms with van der Waals surface area (Å²) in [5, 5.41) is 9.64. The molecule has 0 fully saturated rings. The Morgan fingerprint density at radius 2 is 1.96 bits per heavy atom. The van der Waals surface area contributed by atoms with E-state index in [0.717, 1.165) is 6.26 Å². The number of aromatic nitrogens is 2. The van der Waals surface area contributed by atoms with Crippen molar-refractivity contribution in [1.29, 1.82) is 0 Å². The number of nitrogens with zero attached hydrogens (tertiary/aromatic N) is 2. The molecule has 1 heterocycles. The second-order valence-corrected chi connectivity index (χ2v) is 7.23. The summed E-state index contributed by atoms with van der Waals surface area (Å²) in [6, 6.07) is 6.71. The summed E-state index contributed by atoms with van der Waals surface area (Å²) in [6.45, 7) is 0.604. The number of hydrogen-bond donors (Lipinski definition) is 2. The smallest absolute Gasteiger partial charge is 0.272 e. The number of nitrogens with one attached hydrogen (secondary N) is 2. The van der Waals surface area contributed by atoms with Gasteiger partial charge >= 0.3 is 0 Å². The number of carbonyl (C=O) groups is 1. The summed E-state index contributed by atoms with van der Waals surface area (Å²) >= 11 is 0. The van der Waals surface area contributed by atoms with Gasteiger partial charge in [-0.1, -0.05) is 18.2 Å². The first-order valence-corrected chi connectivity index (χ1v) is 8.82. The first-order valence-electron chi connectivity index (χ1n) is 6.97. The fourth-order valence-corrected chi connectivity index (χ4v) is 2.50. The highest BCUT2D eigenvalue weighted by Gasteiger charge is 2.14. The molecule has 1 amide bonds. The van der Waals surface area contributed by atoms with E-state index in [2.05, 4.69) is 15.5 Å². The number of amides is 1. The maximum atomic E-state index is 12.2. The van der Waals surface area contributed by atoms with Crippen molar-refractivity contribution in [3.05, 3.63) is 40.3 Å². The molecule has 8 nitrogen and oxygen atoms in total. The van der Waals surface area contributed by atoms with E-state index in [0.29, 0.717) is 30.3 Å². The van der Waals surface area contributed by atoms with Gasteiger partial charge in [0.2, 0.25) is 10.0 Å². The highest BCUT2D eigenvalue weighted by atomic mass is 32.2. The Hall–Kier alpha value is -2.26. The Labute approximate surface area is 133 Å². The van der Waals surface area contributed by atoms with E-state index in [9.17, 15) is 18.0 Å². The molecule has 0 aliphatic rings. The van der Waals surface area contributed by atoms with Crippen molar-refractivity contribution >= 4 is 26.7 Å². The van der Waals surface area contributed by atoms with Gasteiger partial charge < -0.3 is 5.32 Å². The van der Waals surface area contributed by atoms with Crippen molar-refractivity contribution in [1.82, 2.24) is 19.8 Å². The SMILES string of the molecule is CN(CCCNC(=O)c1n[nH]c(=O)c2ccccc12)S(C)(=O)=O. The van der Waals surface area contributed by atoms with E-state index >= 15 is 0 Å². The van der Waals surface area contributed by atoms with Crippen LogP contribution in [0.5, 0.6) is 0 Å². The molecule has 0 unspecified atom stereocenters. The van der Waals surface area contributed by atoms with Crippen LogP contribution in [0.1, 0.15) is 16.9 Å². The Morgan fingerprint density at radius 1 is 1.30 bits per heavy atom. The molecular weight excluding hydrogens is 320 g/mol. The van der Waals surface area contributed by atoms with Gasteiger partial charge in [-0.3, -0.25) is 9.59 Å². The van der Waals surface area contributed by atoms with Crippen LogP contribution in [0.25, 0.3) is 10.8 Å². The second kappa shape index (κ2) is 6.88. The fraction of sp³-hybridized carbons (Fsp3) is 0.357. The summed E-state index contributed by atoms with van der Waals surface area (Å²) < 4.78 is 23.7. The van der Waals surface area contributed by atoms with Gasteiger partial charge in [0.15, 0.2) is 5.69 Å². The van der Waals surface area contributed by atoms with Crippen LogP contribution in [0.3, 0.4) is 0 Å². The molecule has 124 valence electrons. The summed E-state index contributed by atoms with van der Waals surface area (Å²) in [7, 11) is -1.74. The molecule has 0 saturated heterocycles. The summed E-state index contributed by atoms with van der Waals surface area (Å²) in [6.07, 6.45) is 1.60. The molecule has 0 aliphatic heterocycles. The maximum absolute atomic E-state index is 12.2. The Balaban J connectivity index is 2.03. The van der Waals surface area contributed by atoms with Gasteiger partial charge in [0.25, 0.3) is 11.5 Å². The minimum Gasteiger partial charge on any atom is -0.351 e. The van der Waals surface area contributed by atoms with Gasteiger partial charge in [-0.2, -0.15) is 5.10 Å². The molecule has 2 N–H and O–H groups in total. The van der Waals surface area contributed by atoms with Gasteiger partial charge in [0.05, 0.1) is 11.6 Å². The fourth-order valence-electron chi connectivity index (χ4n) is 2.04. The Bertz CT molecular complexity index is 876. The van der Waals surface area contributed by atoms with Crippen LogP contribution in [0, 0.1) is 0 Å². The summed E-state index contributed by atoms with van der Waals surface area (Å²) in [5.74, 6) is -0.417. The van der Waals surface area contributed by atoms with Crippen molar-refractivity contribution in [2.45, 2.75) is 6.42 Å². The van der Waals surface area contributed by atoms with E-state index in [1.165, 1.54) is 11.4 Å². The van der Waals surface area contributed by atoms with Gasteiger partial charge in [-0.25, -0.2) is 17.8 Å². The number of rotatable bonds is 6. The molecule has 1 aromatic heterocycles. The zero-order valence-corrected chi connectivity index (χ0v) is 13.7. The third-order valence-electron chi connectivity index (χ3n) is 3.41. The molecule has 0 saturated carbocycles. The van der Waals surface area contributed by atoms with Crippen LogP contribution in [-0.2, 0) is 10.0 Å². The molecule has 9 heteroatoms. The topological polar surface area (TPSA) is 112 Å². The molecule has 0 atom stereocenters. The van der Waals surface area contributed by atoms with Gasteiger partial charge in [0, 0.05) is 25.5 Å². The van der Waals surface area contributed by atoms with Crippen LogP contribution in [-0.4, -0.2) is 55.2 Å². The van der Waals surface area contributed by atoms with Crippen molar-refractivity contribution in [2.24, 2.45) is 0 Å². The normalized spacial score (nSPS) is 11.8. The summed E-state index contributed by atoms with van der Waals surface area (Å²) in [4.78, 5) is 23.9. The third-order valence-corrected chi connectivity index (χ3v) is 4.73. The van der Waals surface area contributed by atoms with E-state index in [-0.39, 0.29) is 11.3 Å². The second-order valence-electron chi connectivity index (χ2n) is 5.14.